The lowest BCUT2D eigenvalue weighted by Crippen LogP contribution is -2.49. The summed E-state index contributed by atoms with van der Waals surface area (Å²) in [7, 11) is 0. The molecule has 0 radical (unpaired) electrons. The van der Waals surface area contributed by atoms with Gasteiger partial charge >= 0.3 is 0 Å². The van der Waals surface area contributed by atoms with Crippen LogP contribution in [-0.4, -0.2) is 10.2 Å². The van der Waals surface area contributed by atoms with Crippen molar-refractivity contribution in [1.82, 2.24) is 0 Å². The molecule has 0 atom stereocenters. The van der Waals surface area contributed by atoms with E-state index >= 15 is 0 Å². The van der Waals surface area contributed by atoms with E-state index in [4.69, 9.17) is 17.2 Å². The Morgan fingerprint density at radius 2 is 1.48 bits per heavy atom. The van der Waals surface area contributed by atoms with Gasteiger partial charge in [0.05, 0.1) is 11.4 Å². The van der Waals surface area contributed by atoms with Crippen LogP contribution >= 0.6 is 0 Å². The number of phenols is 2. The molecule has 0 spiro atoms. The van der Waals surface area contributed by atoms with Crippen molar-refractivity contribution >= 4 is 5.69 Å². The molecule has 5 heteroatoms. The highest BCUT2D eigenvalue weighted by atomic mass is 16.3. The second-order valence-corrected chi connectivity index (χ2v) is 6.59. The minimum atomic E-state index is -1.03. The van der Waals surface area contributed by atoms with Crippen LogP contribution in [0.5, 0.6) is 11.5 Å². The second-order valence-electron chi connectivity index (χ2n) is 6.59. The van der Waals surface area contributed by atoms with E-state index in [0.29, 0.717) is 12.1 Å². The molecule has 3 aromatic carbocycles. The first-order valence-electron chi connectivity index (χ1n) is 7.98. The highest BCUT2D eigenvalue weighted by molar-refractivity contribution is 5.80. The number of rotatable bonds is 1. The standard InChI is InChI=1S/C20H19N3O2/c21-18-9-12(2-6-19(18)25)11-1-4-16-15-5-3-14(24)7-13(15)10-20(22,23)17(16)8-11/h1-9,24-25H,10,21-23H2. The molecule has 5 nitrogen and oxygen atoms in total. The summed E-state index contributed by atoms with van der Waals surface area (Å²) < 4.78 is 0. The molecule has 8 N–H and O–H groups in total. The maximum atomic E-state index is 9.73. The minimum absolute atomic E-state index is 0.0578. The molecule has 0 amide bonds. The van der Waals surface area contributed by atoms with Crippen LogP contribution in [0.1, 0.15) is 11.1 Å². The zero-order valence-corrected chi connectivity index (χ0v) is 13.5. The highest BCUT2D eigenvalue weighted by Gasteiger charge is 2.32. The van der Waals surface area contributed by atoms with Crippen molar-refractivity contribution in [2.24, 2.45) is 11.5 Å². The Balaban J connectivity index is 1.90. The van der Waals surface area contributed by atoms with Gasteiger partial charge in [-0.1, -0.05) is 24.3 Å². The average Bonchev–Trinajstić information content (AvgIpc) is 2.56. The number of nitrogens with two attached hydrogens (primary N) is 3. The van der Waals surface area contributed by atoms with Gasteiger partial charge in [0.2, 0.25) is 0 Å². The van der Waals surface area contributed by atoms with E-state index in [1.54, 1.807) is 30.3 Å². The number of hydrogen-bond acceptors (Lipinski definition) is 5. The number of hydrogen-bond donors (Lipinski definition) is 5. The Morgan fingerprint density at radius 1 is 0.800 bits per heavy atom. The average molecular weight is 333 g/mol. The number of aromatic hydroxyl groups is 2. The van der Waals surface area contributed by atoms with Gasteiger partial charge in [-0.25, -0.2) is 0 Å². The Bertz CT molecular complexity index is 996. The van der Waals surface area contributed by atoms with Gasteiger partial charge in [-0.15, -0.1) is 0 Å². The first kappa shape index (κ1) is 15.5. The molecular weight excluding hydrogens is 314 g/mol. The lowest BCUT2D eigenvalue weighted by molar-refractivity contribution is 0.450. The molecule has 0 unspecified atom stereocenters. The molecule has 126 valence electrons. The van der Waals surface area contributed by atoms with Gasteiger partial charge in [0, 0.05) is 6.42 Å². The lowest BCUT2D eigenvalue weighted by Gasteiger charge is -2.34. The number of anilines is 1. The zero-order chi connectivity index (χ0) is 17.8. The summed E-state index contributed by atoms with van der Waals surface area (Å²) in [6.45, 7) is 0. The van der Waals surface area contributed by atoms with Crippen molar-refractivity contribution in [3.63, 3.8) is 0 Å². The maximum Gasteiger partial charge on any atom is 0.138 e. The maximum absolute atomic E-state index is 9.73. The van der Waals surface area contributed by atoms with Gasteiger partial charge < -0.3 is 27.4 Å². The summed E-state index contributed by atoms with van der Waals surface area (Å²) in [6, 6.07) is 16.3. The van der Waals surface area contributed by atoms with Crippen molar-refractivity contribution in [1.29, 1.82) is 0 Å². The van der Waals surface area contributed by atoms with E-state index in [9.17, 15) is 10.2 Å². The Labute approximate surface area is 145 Å². The Kier molecular flexibility index (Phi) is 3.25. The third kappa shape index (κ3) is 2.50. The third-order valence-electron chi connectivity index (χ3n) is 4.74. The van der Waals surface area contributed by atoms with Crippen LogP contribution in [0.25, 0.3) is 22.3 Å². The van der Waals surface area contributed by atoms with Gasteiger partial charge in [0.15, 0.2) is 0 Å². The Morgan fingerprint density at radius 3 is 2.24 bits per heavy atom. The summed E-state index contributed by atoms with van der Waals surface area (Å²) in [6.07, 6.45) is 0.435. The van der Waals surface area contributed by atoms with Crippen LogP contribution < -0.4 is 17.2 Å². The van der Waals surface area contributed by atoms with Gasteiger partial charge in [0.1, 0.15) is 11.5 Å². The summed E-state index contributed by atoms with van der Waals surface area (Å²) in [5.41, 5.74) is 23.4. The normalized spacial score (nSPS) is 14.6. The van der Waals surface area contributed by atoms with Crippen molar-refractivity contribution in [2.45, 2.75) is 12.1 Å². The van der Waals surface area contributed by atoms with E-state index in [1.165, 1.54) is 0 Å². The largest absolute Gasteiger partial charge is 0.508 e. The second kappa shape index (κ2) is 5.24. The molecule has 0 heterocycles. The Hall–Kier alpha value is -3.02. The van der Waals surface area contributed by atoms with Crippen molar-refractivity contribution < 1.29 is 10.2 Å². The van der Waals surface area contributed by atoms with E-state index < -0.39 is 5.66 Å². The monoisotopic (exact) mass is 333 g/mol. The molecule has 0 fully saturated rings. The van der Waals surface area contributed by atoms with Crippen LogP contribution in [0.3, 0.4) is 0 Å². The molecule has 0 aliphatic heterocycles. The van der Waals surface area contributed by atoms with Crippen molar-refractivity contribution in [3.05, 3.63) is 65.7 Å². The molecule has 4 rings (SSSR count). The number of fused-ring (bicyclic) bond motifs is 3. The molecule has 0 saturated carbocycles. The molecule has 3 aromatic rings. The molecular formula is C20H19N3O2. The molecule has 0 bridgehead atoms. The number of phenolic OH excluding ortho intramolecular Hbond substituents is 2. The summed E-state index contributed by atoms with van der Waals surface area (Å²) in [5.74, 6) is 0.261. The summed E-state index contributed by atoms with van der Waals surface area (Å²) in [4.78, 5) is 0. The quantitative estimate of drug-likeness (QED) is 0.266. The van der Waals surface area contributed by atoms with Gasteiger partial charge in [-0.2, -0.15) is 0 Å². The predicted octanol–water partition coefficient (Wildman–Crippen LogP) is 2.64. The van der Waals surface area contributed by atoms with Crippen LogP contribution in [0.2, 0.25) is 0 Å². The van der Waals surface area contributed by atoms with Gasteiger partial charge in [-0.3, -0.25) is 0 Å². The van der Waals surface area contributed by atoms with E-state index in [-0.39, 0.29) is 11.5 Å². The third-order valence-corrected chi connectivity index (χ3v) is 4.74. The fraction of sp³-hybridized carbons (Fsp3) is 0.100. The van der Waals surface area contributed by atoms with Crippen LogP contribution in [-0.2, 0) is 12.1 Å². The van der Waals surface area contributed by atoms with Crippen molar-refractivity contribution in [2.75, 3.05) is 5.73 Å². The fourth-order valence-electron chi connectivity index (χ4n) is 3.48. The smallest absolute Gasteiger partial charge is 0.138 e. The van der Waals surface area contributed by atoms with E-state index in [2.05, 4.69) is 0 Å². The fourth-order valence-corrected chi connectivity index (χ4v) is 3.48. The molecule has 1 aliphatic carbocycles. The summed E-state index contributed by atoms with van der Waals surface area (Å²) >= 11 is 0. The van der Waals surface area contributed by atoms with Crippen LogP contribution in [0, 0.1) is 0 Å². The SMILES string of the molecule is Nc1cc(-c2ccc3c(c2)C(N)(N)Cc2cc(O)ccc2-3)ccc1O. The van der Waals surface area contributed by atoms with E-state index in [0.717, 1.165) is 33.4 Å². The number of benzene rings is 3. The first-order chi connectivity index (χ1) is 11.8. The molecule has 0 aromatic heterocycles. The first-order valence-corrected chi connectivity index (χ1v) is 7.98. The molecule has 0 saturated heterocycles. The zero-order valence-electron chi connectivity index (χ0n) is 13.5. The number of nitrogen functional groups attached to an aromatic ring is 1. The van der Waals surface area contributed by atoms with Gasteiger partial charge in [0.25, 0.3) is 0 Å². The molecule has 25 heavy (non-hydrogen) atoms. The highest BCUT2D eigenvalue weighted by Crippen LogP contribution is 2.41. The van der Waals surface area contributed by atoms with E-state index in [1.807, 2.05) is 24.3 Å². The topological polar surface area (TPSA) is 119 Å². The van der Waals surface area contributed by atoms with Gasteiger partial charge in [-0.05, 0) is 63.7 Å². The minimum Gasteiger partial charge on any atom is -0.508 e. The van der Waals surface area contributed by atoms with Crippen molar-refractivity contribution in [3.8, 4) is 33.8 Å². The van der Waals surface area contributed by atoms with Crippen LogP contribution in [0.15, 0.2) is 54.6 Å². The molecule has 1 aliphatic rings. The van der Waals surface area contributed by atoms with Crippen LogP contribution in [0.4, 0.5) is 5.69 Å². The predicted molar refractivity (Wildman–Crippen MR) is 98.8 cm³/mol. The lowest BCUT2D eigenvalue weighted by atomic mass is 9.78. The summed E-state index contributed by atoms with van der Waals surface area (Å²) in [5, 5.41) is 19.3.